The number of aliphatic hydroxyl groups excluding tert-OH is 1. The molecule has 4 rings (SSSR count). The maximum atomic E-state index is 9.80. The largest absolute Gasteiger partial charge is 0.496 e. The zero-order valence-corrected chi connectivity index (χ0v) is 17.2. The van der Waals surface area contributed by atoms with Gasteiger partial charge in [-0.2, -0.15) is 0 Å². The molecule has 0 aliphatic carbocycles. The van der Waals surface area contributed by atoms with E-state index < -0.39 is 6.10 Å². The lowest BCUT2D eigenvalue weighted by atomic mass is 10.0. The average molecular weight is 403 g/mol. The number of ether oxygens (including phenoxy) is 1. The maximum Gasteiger partial charge on any atom is 0.133 e. The Morgan fingerprint density at radius 1 is 1.00 bits per heavy atom. The highest BCUT2D eigenvalue weighted by Gasteiger charge is 2.11. The Balaban J connectivity index is 1.60. The van der Waals surface area contributed by atoms with Crippen LogP contribution in [0.25, 0.3) is 21.0 Å². The normalized spacial score (nSPS) is 12.0. The average Bonchev–Trinajstić information content (AvgIpc) is 3.24. The van der Waals surface area contributed by atoms with E-state index >= 15 is 0 Å². The van der Waals surface area contributed by atoms with Gasteiger partial charge in [0.15, 0.2) is 0 Å². The van der Waals surface area contributed by atoms with Crippen molar-refractivity contribution in [1.82, 2.24) is 9.97 Å². The summed E-state index contributed by atoms with van der Waals surface area (Å²) in [6.07, 6.45) is 1.94. The van der Waals surface area contributed by atoms with Crippen LogP contribution in [-0.2, 0) is 6.42 Å². The molecule has 29 heavy (non-hydrogen) atoms. The second-order valence-corrected chi connectivity index (χ2v) is 7.90. The molecular weight excluding hydrogens is 380 g/mol. The molecule has 0 saturated heterocycles. The fourth-order valence-electron chi connectivity index (χ4n) is 3.24. The highest BCUT2D eigenvalue weighted by Crippen LogP contribution is 2.37. The molecule has 2 aromatic carbocycles. The monoisotopic (exact) mass is 402 g/mol. The van der Waals surface area contributed by atoms with Gasteiger partial charge in [0.05, 0.1) is 23.8 Å². The number of hydrogen-bond donors (Lipinski definition) is 1. The van der Waals surface area contributed by atoms with Gasteiger partial charge in [-0.15, -0.1) is 11.3 Å². The fraction of sp³-hybridized carbons (Fsp3) is 0.167. The smallest absolute Gasteiger partial charge is 0.133 e. The van der Waals surface area contributed by atoms with E-state index in [-0.39, 0.29) is 0 Å². The van der Waals surface area contributed by atoms with Crippen LogP contribution in [0, 0.1) is 0 Å². The number of benzene rings is 2. The predicted molar refractivity (Wildman–Crippen MR) is 117 cm³/mol. The van der Waals surface area contributed by atoms with Crippen molar-refractivity contribution in [2.75, 3.05) is 7.11 Å². The van der Waals surface area contributed by atoms with Gasteiger partial charge in [-0.05, 0) is 48.4 Å². The van der Waals surface area contributed by atoms with Crippen molar-refractivity contribution >= 4 is 11.3 Å². The maximum absolute atomic E-state index is 9.80. The second kappa shape index (κ2) is 8.55. The van der Waals surface area contributed by atoms with Crippen LogP contribution in [0.15, 0.2) is 72.9 Å². The van der Waals surface area contributed by atoms with Crippen molar-refractivity contribution in [1.29, 1.82) is 0 Å². The van der Waals surface area contributed by atoms with Crippen LogP contribution in [0.2, 0.25) is 0 Å². The Morgan fingerprint density at radius 2 is 1.83 bits per heavy atom. The molecule has 0 saturated carbocycles. The lowest BCUT2D eigenvalue weighted by molar-refractivity contribution is 0.199. The predicted octanol–water partition coefficient (Wildman–Crippen LogP) is 5.52. The van der Waals surface area contributed by atoms with E-state index in [2.05, 4.69) is 23.2 Å². The number of nitrogens with zero attached hydrogens (tertiary/aromatic N) is 2. The number of aromatic nitrogens is 2. The van der Waals surface area contributed by atoms with Crippen molar-refractivity contribution < 1.29 is 9.84 Å². The molecule has 2 aromatic heterocycles. The van der Waals surface area contributed by atoms with Crippen LogP contribution in [0.1, 0.15) is 30.0 Å². The Morgan fingerprint density at radius 3 is 2.66 bits per heavy atom. The van der Waals surface area contributed by atoms with Gasteiger partial charge in [0.1, 0.15) is 11.6 Å². The molecule has 146 valence electrons. The van der Waals surface area contributed by atoms with Crippen LogP contribution in [0.5, 0.6) is 5.75 Å². The van der Waals surface area contributed by atoms with E-state index in [1.165, 1.54) is 0 Å². The first-order valence-electron chi connectivity index (χ1n) is 9.46. The molecule has 2 heterocycles. The van der Waals surface area contributed by atoms with Crippen LogP contribution >= 0.6 is 11.3 Å². The lowest BCUT2D eigenvalue weighted by Gasteiger charge is -2.07. The molecule has 1 unspecified atom stereocenters. The summed E-state index contributed by atoms with van der Waals surface area (Å²) >= 11 is 1.69. The highest BCUT2D eigenvalue weighted by atomic mass is 32.1. The number of methoxy groups -OCH3 is 1. The molecule has 4 aromatic rings. The topological polar surface area (TPSA) is 55.2 Å². The van der Waals surface area contributed by atoms with Gasteiger partial charge >= 0.3 is 0 Å². The third-order valence-electron chi connectivity index (χ3n) is 4.73. The number of rotatable bonds is 6. The zero-order chi connectivity index (χ0) is 20.2. The molecule has 0 bridgehead atoms. The molecule has 0 aliphatic rings. The molecule has 5 heteroatoms. The van der Waals surface area contributed by atoms with Crippen molar-refractivity contribution in [3.63, 3.8) is 0 Å². The van der Waals surface area contributed by atoms with E-state index in [4.69, 9.17) is 9.72 Å². The summed E-state index contributed by atoms with van der Waals surface area (Å²) in [5.74, 6) is 1.62. The van der Waals surface area contributed by atoms with Crippen molar-refractivity contribution in [2.24, 2.45) is 0 Å². The SMILES string of the molecule is COc1ccccc1-c1ccc(-c2ccnc(Cc3cccc(C(C)O)c3)n2)s1. The van der Waals surface area contributed by atoms with E-state index in [0.29, 0.717) is 6.42 Å². The number of aliphatic hydroxyl groups is 1. The molecule has 0 amide bonds. The van der Waals surface area contributed by atoms with E-state index in [9.17, 15) is 5.11 Å². The molecule has 0 spiro atoms. The summed E-state index contributed by atoms with van der Waals surface area (Å²) in [4.78, 5) is 11.4. The van der Waals surface area contributed by atoms with Crippen molar-refractivity contribution in [3.8, 4) is 26.8 Å². The fourth-order valence-corrected chi connectivity index (χ4v) is 4.24. The van der Waals surface area contributed by atoms with E-state index in [1.54, 1.807) is 31.6 Å². The third-order valence-corrected chi connectivity index (χ3v) is 5.87. The van der Waals surface area contributed by atoms with Gasteiger partial charge in [0, 0.05) is 23.1 Å². The Bertz CT molecular complexity index is 1120. The molecule has 1 N–H and O–H groups in total. The third kappa shape index (κ3) is 4.36. The first-order chi connectivity index (χ1) is 14.1. The number of hydrogen-bond acceptors (Lipinski definition) is 5. The Labute approximate surface area is 174 Å². The minimum atomic E-state index is -0.485. The van der Waals surface area contributed by atoms with Gasteiger partial charge in [-0.25, -0.2) is 9.97 Å². The number of para-hydroxylation sites is 1. The van der Waals surface area contributed by atoms with Crippen molar-refractivity contribution in [3.05, 3.63) is 89.9 Å². The van der Waals surface area contributed by atoms with Crippen LogP contribution in [0.4, 0.5) is 0 Å². The summed E-state index contributed by atoms with van der Waals surface area (Å²) in [5, 5.41) is 9.80. The Hall–Kier alpha value is -3.02. The molecule has 0 aliphatic heterocycles. The zero-order valence-electron chi connectivity index (χ0n) is 16.4. The van der Waals surface area contributed by atoms with Gasteiger partial charge in [0.25, 0.3) is 0 Å². The van der Waals surface area contributed by atoms with Crippen LogP contribution < -0.4 is 4.74 Å². The summed E-state index contributed by atoms with van der Waals surface area (Å²) in [6.45, 7) is 1.77. The summed E-state index contributed by atoms with van der Waals surface area (Å²) < 4.78 is 5.49. The molecule has 4 nitrogen and oxygen atoms in total. The van der Waals surface area contributed by atoms with E-state index in [1.807, 2.05) is 48.5 Å². The minimum absolute atomic E-state index is 0.485. The van der Waals surface area contributed by atoms with Gasteiger partial charge < -0.3 is 9.84 Å². The molecular formula is C24H22N2O2S. The summed E-state index contributed by atoms with van der Waals surface area (Å²) in [6, 6.07) is 22.1. The first-order valence-corrected chi connectivity index (χ1v) is 10.3. The number of thiophene rings is 1. The molecule has 0 fully saturated rings. The molecule has 1 atom stereocenters. The molecule has 0 radical (unpaired) electrons. The van der Waals surface area contributed by atoms with Gasteiger partial charge in [-0.3, -0.25) is 0 Å². The summed E-state index contributed by atoms with van der Waals surface area (Å²) in [7, 11) is 1.69. The minimum Gasteiger partial charge on any atom is -0.496 e. The van der Waals surface area contributed by atoms with Crippen LogP contribution in [-0.4, -0.2) is 22.2 Å². The lowest BCUT2D eigenvalue weighted by Crippen LogP contribution is -1.99. The highest BCUT2D eigenvalue weighted by molar-refractivity contribution is 7.18. The van der Waals surface area contributed by atoms with Gasteiger partial charge in [0.2, 0.25) is 0 Å². The standard InChI is InChI=1S/C24H22N2O2S/c1-16(27)18-7-5-6-17(14-18)15-24-25-13-12-20(26-24)23-11-10-22(29-23)19-8-3-4-9-21(19)28-2/h3-14,16,27H,15H2,1-2H3. The van der Waals surface area contributed by atoms with Gasteiger partial charge in [-0.1, -0.05) is 36.4 Å². The quantitative estimate of drug-likeness (QED) is 0.461. The van der Waals surface area contributed by atoms with Crippen LogP contribution in [0.3, 0.4) is 0 Å². The summed E-state index contributed by atoms with van der Waals surface area (Å²) in [5.41, 5.74) is 3.98. The van der Waals surface area contributed by atoms with E-state index in [0.717, 1.165) is 43.7 Å². The second-order valence-electron chi connectivity index (χ2n) is 6.82. The first kappa shape index (κ1) is 19.3. The van der Waals surface area contributed by atoms with Crippen molar-refractivity contribution in [2.45, 2.75) is 19.4 Å². The Kier molecular flexibility index (Phi) is 5.69.